The van der Waals surface area contributed by atoms with Crippen LogP contribution in [0.4, 0.5) is 0 Å². The second kappa shape index (κ2) is 7.90. The number of allylic oxidation sites excluding steroid dienone is 1. The molecule has 1 aliphatic carbocycles. The number of nitrogens with one attached hydrogen (secondary N) is 1. The minimum atomic E-state index is 0.0841. The molecule has 1 aromatic heterocycles. The zero-order valence-electron chi connectivity index (χ0n) is 17.9. The summed E-state index contributed by atoms with van der Waals surface area (Å²) in [5.41, 5.74) is 6.28. The van der Waals surface area contributed by atoms with Gasteiger partial charge in [-0.05, 0) is 77.3 Å². The van der Waals surface area contributed by atoms with Gasteiger partial charge in [0.15, 0.2) is 0 Å². The highest BCUT2D eigenvalue weighted by atomic mass is 16.2. The molecule has 0 radical (unpaired) electrons. The molecular formula is C23H32N4O. The van der Waals surface area contributed by atoms with Gasteiger partial charge in [-0.25, -0.2) is 4.99 Å². The third-order valence-electron chi connectivity index (χ3n) is 5.75. The third-order valence-corrected chi connectivity index (χ3v) is 5.75. The highest BCUT2D eigenvalue weighted by molar-refractivity contribution is 5.98. The first-order chi connectivity index (χ1) is 13.3. The van der Waals surface area contributed by atoms with E-state index in [1.54, 1.807) is 0 Å². The van der Waals surface area contributed by atoms with Crippen LogP contribution in [0, 0.1) is 6.92 Å². The Balaban J connectivity index is 1.92. The zero-order valence-corrected chi connectivity index (χ0v) is 17.9. The van der Waals surface area contributed by atoms with Gasteiger partial charge >= 0.3 is 0 Å². The van der Waals surface area contributed by atoms with Crippen molar-refractivity contribution in [3.8, 4) is 0 Å². The zero-order chi connectivity index (χ0) is 20.5. The van der Waals surface area contributed by atoms with Crippen LogP contribution in [-0.4, -0.2) is 34.6 Å². The van der Waals surface area contributed by atoms with Gasteiger partial charge < -0.3 is 10.2 Å². The molecule has 2 aliphatic rings. The number of hydrogen-bond acceptors (Lipinski definition) is 4. The fourth-order valence-electron chi connectivity index (χ4n) is 3.80. The summed E-state index contributed by atoms with van der Waals surface area (Å²) >= 11 is 0. The minimum Gasteiger partial charge on any atom is -0.365 e. The Morgan fingerprint density at radius 1 is 1.36 bits per heavy atom. The van der Waals surface area contributed by atoms with Crippen molar-refractivity contribution < 1.29 is 4.79 Å². The second-order valence-electron chi connectivity index (χ2n) is 8.47. The Labute approximate surface area is 168 Å². The maximum atomic E-state index is 13.6. The van der Waals surface area contributed by atoms with E-state index in [1.807, 2.05) is 31.9 Å². The molecule has 1 aromatic rings. The molecule has 3 rings (SSSR count). The summed E-state index contributed by atoms with van der Waals surface area (Å²) in [4.78, 5) is 24.2. The monoisotopic (exact) mass is 380 g/mol. The average molecular weight is 381 g/mol. The van der Waals surface area contributed by atoms with Crippen molar-refractivity contribution in [2.75, 3.05) is 6.54 Å². The number of aliphatic imine (C=N–C) groups is 1. The van der Waals surface area contributed by atoms with Crippen molar-refractivity contribution in [2.24, 2.45) is 4.99 Å². The van der Waals surface area contributed by atoms with Crippen LogP contribution in [0.3, 0.4) is 0 Å². The molecule has 0 unspecified atom stereocenters. The molecule has 0 bridgehead atoms. The Hall–Kier alpha value is -2.43. The first kappa shape index (κ1) is 20.3. The Bertz CT molecular complexity index is 857. The molecule has 0 atom stereocenters. The van der Waals surface area contributed by atoms with Gasteiger partial charge in [0.1, 0.15) is 5.82 Å². The summed E-state index contributed by atoms with van der Waals surface area (Å²) in [7, 11) is 0. The predicted molar refractivity (Wildman–Crippen MR) is 114 cm³/mol. The van der Waals surface area contributed by atoms with Crippen molar-refractivity contribution in [3.05, 3.63) is 51.6 Å². The van der Waals surface area contributed by atoms with E-state index in [4.69, 9.17) is 0 Å². The number of hydrogen-bond donors (Lipinski definition) is 1. The van der Waals surface area contributed by atoms with E-state index in [-0.39, 0.29) is 11.4 Å². The molecule has 1 fully saturated rings. The van der Waals surface area contributed by atoms with Crippen molar-refractivity contribution in [1.82, 2.24) is 15.2 Å². The molecule has 0 saturated heterocycles. The standard InChI is InChI=1S/C23H32N4O/c1-7-19(21(24-6)26-23(5)9-10-23)20(15(2)3)22(28)27-11-8-17-13-25-16(4)12-18(17)14-27/h12-13,26H,6-11,14H2,1-5H3/b21-19-. The van der Waals surface area contributed by atoms with E-state index in [0.29, 0.717) is 13.1 Å². The lowest BCUT2D eigenvalue weighted by Gasteiger charge is -2.31. The SMILES string of the molecule is C=N/C(NC1(C)CC1)=C(\CC)C(C(=O)N1CCc2cnc(C)cc2C1)=C(C)C. The Morgan fingerprint density at radius 2 is 2.07 bits per heavy atom. The van der Waals surface area contributed by atoms with Crippen LogP contribution in [0.5, 0.6) is 0 Å². The number of nitrogens with zero attached hydrogens (tertiary/aromatic N) is 3. The van der Waals surface area contributed by atoms with E-state index >= 15 is 0 Å². The van der Waals surface area contributed by atoms with Crippen LogP contribution in [0.1, 0.15) is 63.8 Å². The van der Waals surface area contributed by atoms with Crippen LogP contribution in [0.2, 0.25) is 0 Å². The minimum absolute atomic E-state index is 0.0841. The van der Waals surface area contributed by atoms with E-state index < -0.39 is 0 Å². The van der Waals surface area contributed by atoms with Gasteiger partial charge in [-0.1, -0.05) is 12.5 Å². The van der Waals surface area contributed by atoms with Gasteiger partial charge in [-0.3, -0.25) is 9.78 Å². The molecule has 1 N–H and O–H groups in total. The topological polar surface area (TPSA) is 57.6 Å². The number of pyridine rings is 1. The second-order valence-corrected chi connectivity index (χ2v) is 8.47. The molecule has 5 nitrogen and oxygen atoms in total. The van der Waals surface area contributed by atoms with Crippen molar-refractivity contribution >= 4 is 12.6 Å². The molecule has 28 heavy (non-hydrogen) atoms. The quantitative estimate of drug-likeness (QED) is 0.460. The number of carbonyl (C=O) groups is 1. The number of carbonyl (C=O) groups excluding carboxylic acids is 1. The maximum absolute atomic E-state index is 13.6. The highest BCUT2D eigenvalue weighted by Crippen LogP contribution is 2.37. The normalized spacial score (nSPS) is 18.0. The van der Waals surface area contributed by atoms with Crippen LogP contribution in [-0.2, 0) is 17.8 Å². The number of aryl methyl sites for hydroxylation is 1. The van der Waals surface area contributed by atoms with Crippen LogP contribution in [0.25, 0.3) is 0 Å². The van der Waals surface area contributed by atoms with Gasteiger partial charge in [-0.15, -0.1) is 0 Å². The summed E-state index contributed by atoms with van der Waals surface area (Å²) in [6.45, 7) is 15.4. The van der Waals surface area contributed by atoms with Gasteiger partial charge in [0, 0.05) is 41.7 Å². The first-order valence-electron chi connectivity index (χ1n) is 10.2. The Morgan fingerprint density at radius 3 is 2.64 bits per heavy atom. The summed E-state index contributed by atoms with van der Waals surface area (Å²) < 4.78 is 0. The predicted octanol–water partition coefficient (Wildman–Crippen LogP) is 4.08. The fourth-order valence-corrected chi connectivity index (χ4v) is 3.80. The lowest BCUT2D eigenvalue weighted by molar-refractivity contribution is -0.127. The first-order valence-corrected chi connectivity index (χ1v) is 10.2. The largest absolute Gasteiger partial charge is 0.365 e. The lowest BCUT2D eigenvalue weighted by atomic mass is 9.95. The molecule has 1 amide bonds. The Kier molecular flexibility index (Phi) is 5.73. The number of fused-ring (bicyclic) bond motifs is 1. The smallest absolute Gasteiger partial charge is 0.254 e. The van der Waals surface area contributed by atoms with E-state index in [9.17, 15) is 4.79 Å². The van der Waals surface area contributed by atoms with Crippen LogP contribution in [0.15, 0.2) is 39.8 Å². The van der Waals surface area contributed by atoms with E-state index in [0.717, 1.165) is 53.9 Å². The molecule has 5 heteroatoms. The van der Waals surface area contributed by atoms with Crippen molar-refractivity contribution in [1.29, 1.82) is 0 Å². The number of rotatable bonds is 6. The molecule has 0 aromatic carbocycles. The third kappa shape index (κ3) is 4.18. The molecule has 150 valence electrons. The van der Waals surface area contributed by atoms with Gasteiger partial charge in [0.25, 0.3) is 5.91 Å². The average Bonchev–Trinajstić information content (AvgIpc) is 3.40. The summed E-state index contributed by atoms with van der Waals surface area (Å²) in [5.74, 6) is 0.838. The molecule has 1 aliphatic heterocycles. The van der Waals surface area contributed by atoms with Gasteiger partial charge in [0.05, 0.1) is 0 Å². The summed E-state index contributed by atoms with van der Waals surface area (Å²) in [6.07, 6.45) is 5.77. The lowest BCUT2D eigenvalue weighted by Crippen LogP contribution is -2.38. The summed E-state index contributed by atoms with van der Waals surface area (Å²) in [6, 6.07) is 2.10. The van der Waals surface area contributed by atoms with Gasteiger partial charge in [-0.2, -0.15) is 0 Å². The maximum Gasteiger partial charge on any atom is 0.254 e. The van der Waals surface area contributed by atoms with E-state index in [2.05, 4.69) is 41.9 Å². The molecule has 2 heterocycles. The summed E-state index contributed by atoms with van der Waals surface area (Å²) in [5, 5.41) is 3.52. The fraction of sp³-hybridized carbons (Fsp3) is 0.522. The molecule has 0 spiro atoms. The van der Waals surface area contributed by atoms with Crippen LogP contribution < -0.4 is 5.32 Å². The number of aromatic nitrogens is 1. The van der Waals surface area contributed by atoms with Crippen molar-refractivity contribution in [2.45, 2.75) is 72.4 Å². The molecular weight excluding hydrogens is 348 g/mol. The van der Waals surface area contributed by atoms with Crippen molar-refractivity contribution in [3.63, 3.8) is 0 Å². The molecule has 1 saturated carbocycles. The highest BCUT2D eigenvalue weighted by Gasteiger charge is 2.38. The van der Waals surface area contributed by atoms with Gasteiger partial charge in [0.2, 0.25) is 0 Å². The number of amides is 1. The van der Waals surface area contributed by atoms with E-state index in [1.165, 1.54) is 11.1 Å². The van der Waals surface area contributed by atoms with Crippen LogP contribution >= 0.6 is 0 Å².